The predicted octanol–water partition coefficient (Wildman–Crippen LogP) is 2.48. The molecule has 10 heteroatoms. The zero-order valence-electron chi connectivity index (χ0n) is 16.6. The molecule has 1 fully saturated rings. The number of rotatable bonds is 7. The maximum Gasteiger partial charge on any atom is 0.326 e. The highest BCUT2D eigenvalue weighted by atomic mass is 35.5. The van der Waals surface area contributed by atoms with Crippen LogP contribution in [-0.4, -0.2) is 52.9 Å². The van der Waals surface area contributed by atoms with Gasteiger partial charge in [-0.15, -0.1) is 0 Å². The molecule has 0 radical (unpaired) electrons. The molecule has 1 atom stereocenters. The van der Waals surface area contributed by atoms with Gasteiger partial charge < -0.3 is 14.4 Å². The SMILES string of the molecule is COc1ccc(Cn2ccnc2[SH+](=O)Cc2cc(N3CCOCC3)nc(Cl)n2)cc1. The lowest BCUT2D eigenvalue weighted by molar-refractivity contribution is 0.122. The van der Waals surface area contributed by atoms with Crippen LogP contribution in [0.5, 0.6) is 5.75 Å². The van der Waals surface area contributed by atoms with Crippen LogP contribution in [-0.2, 0) is 32.0 Å². The first kappa shape index (κ1) is 20.8. The second kappa shape index (κ2) is 9.55. The van der Waals surface area contributed by atoms with Crippen molar-refractivity contribution >= 4 is 28.2 Å². The van der Waals surface area contributed by atoms with Crippen molar-refractivity contribution < 1.29 is 13.7 Å². The normalized spacial score (nSPS) is 15.2. The number of anilines is 1. The Morgan fingerprint density at radius 1 is 1.20 bits per heavy atom. The van der Waals surface area contributed by atoms with Crippen molar-refractivity contribution in [2.75, 3.05) is 38.3 Å². The number of imidazole rings is 1. The van der Waals surface area contributed by atoms with E-state index in [1.165, 1.54) is 0 Å². The smallest absolute Gasteiger partial charge is 0.326 e. The van der Waals surface area contributed by atoms with Crippen molar-refractivity contribution in [3.8, 4) is 5.75 Å². The number of thiol groups is 1. The first-order chi connectivity index (χ1) is 14.6. The highest BCUT2D eigenvalue weighted by molar-refractivity contribution is 7.84. The van der Waals surface area contributed by atoms with Crippen LogP contribution in [0.1, 0.15) is 11.3 Å². The summed E-state index contributed by atoms with van der Waals surface area (Å²) >= 11 is 6.13. The van der Waals surface area contributed by atoms with E-state index in [0.717, 1.165) is 30.2 Å². The van der Waals surface area contributed by atoms with Gasteiger partial charge in [-0.05, 0) is 29.3 Å². The lowest BCUT2D eigenvalue weighted by Gasteiger charge is -2.27. The van der Waals surface area contributed by atoms with Gasteiger partial charge in [-0.25, -0.2) is 9.97 Å². The number of hydrogen-bond acceptors (Lipinski definition) is 7. The third-order valence-corrected chi connectivity index (χ3v) is 6.41. The summed E-state index contributed by atoms with van der Waals surface area (Å²) in [5.41, 5.74) is 1.70. The zero-order chi connectivity index (χ0) is 20.9. The molecule has 0 N–H and O–H groups in total. The van der Waals surface area contributed by atoms with Crippen LogP contribution in [0.25, 0.3) is 0 Å². The molecule has 2 aromatic heterocycles. The van der Waals surface area contributed by atoms with Crippen LogP contribution in [0, 0.1) is 0 Å². The number of nitrogens with zero attached hydrogens (tertiary/aromatic N) is 5. The fourth-order valence-electron chi connectivity index (χ4n) is 3.28. The van der Waals surface area contributed by atoms with Crippen molar-refractivity contribution in [2.45, 2.75) is 17.5 Å². The van der Waals surface area contributed by atoms with Gasteiger partial charge in [-0.2, -0.15) is 4.98 Å². The lowest BCUT2D eigenvalue weighted by Crippen LogP contribution is -2.36. The van der Waals surface area contributed by atoms with Crippen LogP contribution in [0.4, 0.5) is 5.82 Å². The van der Waals surface area contributed by atoms with Gasteiger partial charge in [0.1, 0.15) is 22.4 Å². The Kier molecular flexibility index (Phi) is 6.61. The molecule has 1 saturated heterocycles. The first-order valence-electron chi connectivity index (χ1n) is 9.57. The molecule has 1 aromatic carbocycles. The summed E-state index contributed by atoms with van der Waals surface area (Å²) in [5, 5.41) is 0.683. The van der Waals surface area contributed by atoms with Crippen molar-refractivity contribution in [1.82, 2.24) is 19.5 Å². The average molecular weight is 449 g/mol. The van der Waals surface area contributed by atoms with Crippen LogP contribution in [0.15, 0.2) is 47.9 Å². The van der Waals surface area contributed by atoms with Crippen molar-refractivity contribution in [2.24, 2.45) is 0 Å². The Balaban J connectivity index is 1.49. The van der Waals surface area contributed by atoms with E-state index in [-0.39, 0.29) is 11.0 Å². The second-order valence-corrected chi connectivity index (χ2v) is 8.64. The number of halogens is 1. The Labute approximate surface area is 182 Å². The number of aromatic nitrogens is 4. The van der Waals surface area contributed by atoms with E-state index in [4.69, 9.17) is 21.1 Å². The van der Waals surface area contributed by atoms with Crippen LogP contribution in [0.3, 0.4) is 0 Å². The van der Waals surface area contributed by atoms with Gasteiger partial charge in [0.2, 0.25) is 5.28 Å². The first-order valence-corrected chi connectivity index (χ1v) is 11.4. The third kappa shape index (κ3) is 4.97. The zero-order valence-corrected chi connectivity index (χ0v) is 18.2. The van der Waals surface area contributed by atoms with Crippen molar-refractivity contribution in [1.29, 1.82) is 0 Å². The Morgan fingerprint density at radius 2 is 1.97 bits per heavy atom. The molecule has 4 rings (SSSR count). The summed E-state index contributed by atoms with van der Waals surface area (Å²) in [6.45, 7) is 3.35. The van der Waals surface area contributed by atoms with Gasteiger partial charge in [0.25, 0.3) is 0 Å². The predicted molar refractivity (Wildman–Crippen MR) is 116 cm³/mol. The number of benzene rings is 1. The Bertz CT molecular complexity index is 1020. The lowest BCUT2D eigenvalue weighted by atomic mass is 10.2. The number of morpholine rings is 1. The van der Waals surface area contributed by atoms with Gasteiger partial charge in [0.15, 0.2) is 5.75 Å². The molecule has 1 unspecified atom stereocenters. The quantitative estimate of drug-likeness (QED) is 0.312. The molecule has 0 saturated carbocycles. The summed E-state index contributed by atoms with van der Waals surface area (Å²) in [6.07, 6.45) is 3.50. The van der Waals surface area contributed by atoms with E-state index in [1.807, 2.05) is 41.1 Å². The summed E-state index contributed by atoms with van der Waals surface area (Å²) in [6, 6.07) is 9.62. The van der Waals surface area contributed by atoms with E-state index in [9.17, 15) is 4.21 Å². The monoisotopic (exact) mass is 448 g/mol. The maximum absolute atomic E-state index is 13.1. The van der Waals surface area contributed by atoms with Crippen molar-refractivity contribution in [3.63, 3.8) is 0 Å². The number of hydrogen-bond donors (Lipinski definition) is 0. The largest absolute Gasteiger partial charge is 0.497 e. The molecule has 3 aromatic rings. The molecule has 158 valence electrons. The summed E-state index contributed by atoms with van der Waals surface area (Å²) < 4.78 is 25.6. The Hall–Kier alpha value is -2.49. The molecule has 0 bridgehead atoms. The van der Waals surface area contributed by atoms with Gasteiger partial charge in [-0.3, -0.25) is 4.57 Å². The van der Waals surface area contributed by atoms with Gasteiger partial charge in [-0.1, -0.05) is 16.3 Å². The fraction of sp³-hybridized carbons (Fsp3) is 0.350. The Morgan fingerprint density at radius 3 is 2.70 bits per heavy atom. The highest BCUT2D eigenvalue weighted by Crippen LogP contribution is 2.20. The summed E-state index contributed by atoms with van der Waals surface area (Å²) in [4.78, 5) is 15.0. The topological polar surface area (TPSA) is 82.4 Å². The van der Waals surface area contributed by atoms with Gasteiger partial charge in [0, 0.05) is 25.4 Å². The minimum Gasteiger partial charge on any atom is -0.497 e. The number of methoxy groups -OCH3 is 1. The average Bonchev–Trinajstić information content (AvgIpc) is 3.23. The van der Waals surface area contributed by atoms with Crippen LogP contribution >= 0.6 is 11.6 Å². The van der Waals surface area contributed by atoms with E-state index >= 15 is 0 Å². The fourth-order valence-corrected chi connectivity index (χ4v) is 4.70. The molecule has 0 amide bonds. The third-order valence-electron chi connectivity index (χ3n) is 4.81. The van der Waals surface area contributed by atoms with E-state index in [1.54, 1.807) is 13.3 Å². The van der Waals surface area contributed by atoms with Crippen molar-refractivity contribution in [3.05, 3.63) is 59.3 Å². The molecule has 30 heavy (non-hydrogen) atoms. The molecule has 0 aliphatic carbocycles. The molecule has 0 spiro atoms. The number of ether oxygens (including phenoxy) is 2. The standard InChI is InChI=1S/C20H22ClN5O3S/c1-28-17-4-2-15(3-5-17)13-26-7-6-22-20(26)30(27)14-16-12-18(24-19(21)23-16)25-8-10-29-11-9-25/h2-7,12H,8-11,13-14H2,1H3/p+1. The summed E-state index contributed by atoms with van der Waals surface area (Å²) in [7, 11) is -0.162. The minimum absolute atomic E-state index is 0.152. The molecular formula is C20H23ClN5O3S+. The van der Waals surface area contributed by atoms with E-state index in [2.05, 4.69) is 19.9 Å². The van der Waals surface area contributed by atoms with E-state index in [0.29, 0.717) is 30.6 Å². The maximum atomic E-state index is 13.1. The molecular weight excluding hydrogens is 426 g/mol. The van der Waals surface area contributed by atoms with Crippen LogP contribution in [0.2, 0.25) is 5.28 Å². The highest BCUT2D eigenvalue weighted by Gasteiger charge is 2.21. The summed E-state index contributed by atoms with van der Waals surface area (Å²) in [5.74, 6) is 1.78. The molecule has 3 heterocycles. The van der Waals surface area contributed by atoms with Gasteiger partial charge in [0.05, 0.1) is 38.8 Å². The molecule has 1 aliphatic heterocycles. The van der Waals surface area contributed by atoms with Crippen LogP contribution < -0.4 is 9.64 Å². The van der Waals surface area contributed by atoms with Gasteiger partial charge >= 0.3 is 5.16 Å². The second-order valence-electron chi connectivity index (χ2n) is 6.83. The van der Waals surface area contributed by atoms with E-state index < -0.39 is 10.8 Å². The minimum atomic E-state index is -1.80. The molecule has 1 aliphatic rings. The molecule has 8 nitrogen and oxygen atoms in total.